The van der Waals surface area contributed by atoms with Crippen molar-refractivity contribution in [3.05, 3.63) is 47.8 Å². The summed E-state index contributed by atoms with van der Waals surface area (Å²) < 4.78 is 5.00. The van der Waals surface area contributed by atoms with Gasteiger partial charge in [-0.25, -0.2) is 14.8 Å². The van der Waals surface area contributed by atoms with Crippen LogP contribution < -0.4 is 5.32 Å². The molecule has 0 bridgehead atoms. The van der Waals surface area contributed by atoms with Gasteiger partial charge in [0.2, 0.25) is 5.95 Å². The van der Waals surface area contributed by atoms with E-state index in [0.29, 0.717) is 50.1 Å². The molecule has 2 aromatic rings. The molecule has 0 aliphatic carbocycles. The van der Waals surface area contributed by atoms with E-state index in [1.165, 1.54) is 0 Å². The summed E-state index contributed by atoms with van der Waals surface area (Å²) in [6, 6.07) is 11.2. The van der Waals surface area contributed by atoms with E-state index < -0.39 is 0 Å². The Labute approximate surface area is 158 Å². The Hall–Kier alpha value is -3.16. The van der Waals surface area contributed by atoms with Crippen LogP contribution in [0, 0.1) is 6.92 Å². The van der Waals surface area contributed by atoms with Gasteiger partial charge in [-0.2, -0.15) is 0 Å². The molecule has 1 aliphatic heterocycles. The molecule has 1 saturated heterocycles. The average Bonchev–Trinajstić information content (AvgIpc) is 2.68. The number of carbonyl (C=O) groups excluding carboxylic acids is 2. The molecular formula is C19H23N5O3. The topological polar surface area (TPSA) is 87.7 Å². The number of piperazine rings is 1. The van der Waals surface area contributed by atoms with Crippen molar-refractivity contribution in [1.82, 2.24) is 19.8 Å². The van der Waals surface area contributed by atoms with Gasteiger partial charge in [0, 0.05) is 37.6 Å². The zero-order valence-corrected chi connectivity index (χ0v) is 15.5. The molecule has 2 amide bonds. The first-order chi connectivity index (χ1) is 13.1. The number of rotatable bonds is 4. The summed E-state index contributed by atoms with van der Waals surface area (Å²) >= 11 is 0. The number of carbonyl (C=O) groups is 2. The van der Waals surface area contributed by atoms with Crippen LogP contribution in [0.1, 0.15) is 23.1 Å². The van der Waals surface area contributed by atoms with Crippen LogP contribution in [0.25, 0.3) is 0 Å². The van der Waals surface area contributed by atoms with Crippen molar-refractivity contribution in [3.8, 4) is 0 Å². The molecule has 2 heterocycles. The number of anilines is 2. The highest BCUT2D eigenvalue weighted by Crippen LogP contribution is 2.15. The zero-order valence-electron chi connectivity index (χ0n) is 15.5. The minimum Gasteiger partial charge on any atom is -0.450 e. The highest BCUT2D eigenvalue weighted by Gasteiger charge is 2.26. The Morgan fingerprint density at radius 1 is 1.07 bits per heavy atom. The van der Waals surface area contributed by atoms with E-state index in [1.807, 2.05) is 37.3 Å². The Morgan fingerprint density at radius 3 is 2.41 bits per heavy atom. The lowest BCUT2D eigenvalue weighted by Gasteiger charge is -2.33. The molecule has 0 atom stereocenters. The van der Waals surface area contributed by atoms with Crippen molar-refractivity contribution in [2.45, 2.75) is 13.8 Å². The summed E-state index contributed by atoms with van der Waals surface area (Å²) in [7, 11) is 0. The second-order valence-electron chi connectivity index (χ2n) is 6.19. The number of para-hydroxylation sites is 1. The maximum absolute atomic E-state index is 12.8. The number of aryl methyl sites for hydroxylation is 1. The van der Waals surface area contributed by atoms with Gasteiger partial charge in [-0.15, -0.1) is 0 Å². The Balaban J connectivity index is 1.67. The third kappa shape index (κ3) is 4.72. The lowest BCUT2D eigenvalue weighted by molar-refractivity contribution is 0.0566. The molecule has 0 saturated carbocycles. The molecule has 27 heavy (non-hydrogen) atoms. The Kier molecular flexibility index (Phi) is 5.85. The van der Waals surface area contributed by atoms with Crippen LogP contribution >= 0.6 is 0 Å². The average molecular weight is 369 g/mol. The molecule has 1 aromatic carbocycles. The van der Waals surface area contributed by atoms with E-state index in [0.717, 1.165) is 5.69 Å². The molecule has 1 N–H and O–H groups in total. The van der Waals surface area contributed by atoms with Crippen LogP contribution in [0.5, 0.6) is 0 Å². The Bertz CT molecular complexity index is 804. The van der Waals surface area contributed by atoms with Gasteiger partial charge in [0.25, 0.3) is 5.91 Å². The lowest BCUT2D eigenvalue weighted by atomic mass is 10.2. The first kappa shape index (κ1) is 18.6. The fraction of sp³-hybridized carbons (Fsp3) is 0.368. The molecule has 1 aliphatic rings. The predicted octanol–water partition coefficient (Wildman–Crippen LogP) is 2.44. The van der Waals surface area contributed by atoms with Crippen LogP contribution in [0.4, 0.5) is 16.4 Å². The van der Waals surface area contributed by atoms with Crippen molar-refractivity contribution < 1.29 is 14.3 Å². The van der Waals surface area contributed by atoms with Crippen molar-refractivity contribution in [3.63, 3.8) is 0 Å². The number of nitrogens with one attached hydrogen (secondary N) is 1. The molecule has 1 aromatic heterocycles. The van der Waals surface area contributed by atoms with Gasteiger partial charge in [0.1, 0.15) is 5.69 Å². The first-order valence-corrected chi connectivity index (χ1v) is 8.95. The maximum Gasteiger partial charge on any atom is 0.409 e. The smallest absolute Gasteiger partial charge is 0.409 e. The van der Waals surface area contributed by atoms with Crippen molar-refractivity contribution in [1.29, 1.82) is 0 Å². The van der Waals surface area contributed by atoms with Crippen molar-refractivity contribution >= 4 is 23.6 Å². The molecular weight excluding hydrogens is 346 g/mol. The van der Waals surface area contributed by atoms with E-state index in [9.17, 15) is 9.59 Å². The van der Waals surface area contributed by atoms with Gasteiger partial charge in [-0.05, 0) is 32.0 Å². The van der Waals surface area contributed by atoms with Crippen LogP contribution in [-0.4, -0.2) is 64.6 Å². The molecule has 0 spiro atoms. The minimum absolute atomic E-state index is 0.167. The number of hydrogen-bond acceptors (Lipinski definition) is 6. The standard InChI is InChI=1S/C19H23N5O3/c1-3-27-19(26)24-11-9-23(10-12-24)17(25)16-13-14(2)20-18(22-16)21-15-7-5-4-6-8-15/h4-8,13H,3,9-12H2,1-2H3,(H,20,21,22). The molecule has 0 radical (unpaired) electrons. The summed E-state index contributed by atoms with van der Waals surface area (Å²) in [5.74, 6) is 0.217. The van der Waals surface area contributed by atoms with Gasteiger partial charge < -0.3 is 19.9 Å². The van der Waals surface area contributed by atoms with E-state index in [4.69, 9.17) is 4.74 Å². The van der Waals surface area contributed by atoms with Gasteiger partial charge in [-0.3, -0.25) is 4.79 Å². The second-order valence-corrected chi connectivity index (χ2v) is 6.19. The number of hydrogen-bond donors (Lipinski definition) is 1. The predicted molar refractivity (Wildman–Crippen MR) is 101 cm³/mol. The maximum atomic E-state index is 12.8. The number of benzene rings is 1. The van der Waals surface area contributed by atoms with Crippen LogP contribution in [0.15, 0.2) is 36.4 Å². The summed E-state index contributed by atoms with van der Waals surface area (Å²) in [4.78, 5) is 36.6. The van der Waals surface area contributed by atoms with Gasteiger partial charge >= 0.3 is 6.09 Å². The van der Waals surface area contributed by atoms with E-state index in [2.05, 4.69) is 15.3 Å². The van der Waals surface area contributed by atoms with Gasteiger partial charge in [0.05, 0.1) is 6.61 Å². The lowest BCUT2D eigenvalue weighted by Crippen LogP contribution is -2.50. The quantitative estimate of drug-likeness (QED) is 0.891. The molecule has 142 valence electrons. The molecule has 1 fully saturated rings. The number of aromatic nitrogens is 2. The SMILES string of the molecule is CCOC(=O)N1CCN(C(=O)c2cc(C)nc(Nc3ccccc3)n2)CC1. The molecule has 8 nitrogen and oxygen atoms in total. The van der Waals surface area contributed by atoms with Crippen molar-refractivity contribution in [2.75, 3.05) is 38.1 Å². The number of amides is 2. The summed E-state index contributed by atoms with van der Waals surface area (Å²) in [6.07, 6.45) is -0.336. The molecule has 8 heteroatoms. The fourth-order valence-electron chi connectivity index (χ4n) is 2.85. The van der Waals surface area contributed by atoms with E-state index in [-0.39, 0.29) is 12.0 Å². The monoisotopic (exact) mass is 369 g/mol. The number of nitrogens with zero attached hydrogens (tertiary/aromatic N) is 4. The summed E-state index contributed by atoms with van der Waals surface area (Å²) in [6.45, 7) is 5.73. The molecule has 0 unspecified atom stereocenters. The van der Waals surface area contributed by atoms with E-state index >= 15 is 0 Å². The third-order valence-corrected chi connectivity index (χ3v) is 4.20. The highest BCUT2D eigenvalue weighted by atomic mass is 16.6. The third-order valence-electron chi connectivity index (χ3n) is 4.20. The van der Waals surface area contributed by atoms with Crippen molar-refractivity contribution in [2.24, 2.45) is 0 Å². The van der Waals surface area contributed by atoms with Gasteiger partial charge in [-0.1, -0.05) is 18.2 Å². The summed E-state index contributed by atoms with van der Waals surface area (Å²) in [5, 5.41) is 3.12. The molecule has 3 rings (SSSR count). The second kappa shape index (κ2) is 8.48. The Morgan fingerprint density at radius 2 is 1.74 bits per heavy atom. The van der Waals surface area contributed by atoms with E-state index in [1.54, 1.807) is 22.8 Å². The minimum atomic E-state index is -0.336. The normalized spacial score (nSPS) is 14.0. The largest absolute Gasteiger partial charge is 0.450 e. The van der Waals surface area contributed by atoms with Gasteiger partial charge in [0.15, 0.2) is 0 Å². The zero-order chi connectivity index (χ0) is 19.2. The first-order valence-electron chi connectivity index (χ1n) is 8.95. The summed E-state index contributed by atoms with van der Waals surface area (Å²) in [5.41, 5.74) is 1.90. The van der Waals surface area contributed by atoms with Crippen LogP contribution in [-0.2, 0) is 4.74 Å². The fourth-order valence-corrected chi connectivity index (χ4v) is 2.85. The highest BCUT2D eigenvalue weighted by molar-refractivity contribution is 5.93. The van der Waals surface area contributed by atoms with Crippen LogP contribution in [0.3, 0.4) is 0 Å². The van der Waals surface area contributed by atoms with Crippen LogP contribution in [0.2, 0.25) is 0 Å². The number of ether oxygens (including phenoxy) is 1.